The normalized spacial score (nSPS) is 12.2. The first kappa shape index (κ1) is 21.8. The molecule has 158 valence electrons. The third-order valence-electron chi connectivity index (χ3n) is 5.62. The molecule has 30 heavy (non-hydrogen) atoms. The third-order valence-corrected chi connectivity index (χ3v) is 5.62. The molecule has 0 fully saturated rings. The topological polar surface area (TPSA) is 55.2 Å². The van der Waals surface area contributed by atoms with Gasteiger partial charge in [-0.1, -0.05) is 44.5 Å². The minimum absolute atomic E-state index is 0.0749. The number of hydrogen-bond donors (Lipinski definition) is 0. The highest BCUT2D eigenvalue weighted by atomic mass is 16.2. The summed E-state index contributed by atoms with van der Waals surface area (Å²) >= 11 is 0. The zero-order valence-corrected chi connectivity index (χ0v) is 18.6. The standard InChI is InChI=1S/C25H31N3O2/c1-6-8-15-27(23(29)7-2)19(5)24-26-21-12-10-9-11-20(21)25(30)28(24)22-16-17(3)13-14-18(22)4/h9-14,16,19H,6-8,15H2,1-5H3. The molecular formula is C25H31N3O2. The van der Waals surface area contributed by atoms with Crippen LogP contribution in [-0.4, -0.2) is 26.9 Å². The van der Waals surface area contributed by atoms with Crippen LogP contribution in [0, 0.1) is 13.8 Å². The molecule has 0 aliphatic rings. The van der Waals surface area contributed by atoms with Gasteiger partial charge < -0.3 is 4.90 Å². The van der Waals surface area contributed by atoms with Gasteiger partial charge in [0.25, 0.3) is 5.56 Å². The van der Waals surface area contributed by atoms with Crippen LogP contribution in [0.3, 0.4) is 0 Å². The van der Waals surface area contributed by atoms with Crippen molar-refractivity contribution in [2.24, 2.45) is 0 Å². The van der Waals surface area contributed by atoms with Crippen molar-refractivity contribution >= 4 is 16.8 Å². The Kier molecular flexibility index (Phi) is 6.70. The van der Waals surface area contributed by atoms with Gasteiger partial charge in [-0.2, -0.15) is 0 Å². The molecule has 1 amide bonds. The van der Waals surface area contributed by atoms with Crippen molar-refractivity contribution in [2.45, 2.75) is 59.9 Å². The number of unbranched alkanes of at least 4 members (excludes halogenated alkanes) is 1. The van der Waals surface area contributed by atoms with E-state index >= 15 is 0 Å². The first-order valence-electron chi connectivity index (χ1n) is 10.8. The predicted molar refractivity (Wildman–Crippen MR) is 122 cm³/mol. The summed E-state index contributed by atoms with van der Waals surface area (Å²) in [4.78, 5) is 33.1. The van der Waals surface area contributed by atoms with Gasteiger partial charge in [0.05, 0.1) is 22.6 Å². The highest BCUT2D eigenvalue weighted by Crippen LogP contribution is 2.25. The van der Waals surface area contributed by atoms with Crippen molar-refractivity contribution < 1.29 is 4.79 Å². The van der Waals surface area contributed by atoms with E-state index in [0.29, 0.717) is 29.7 Å². The van der Waals surface area contributed by atoms with Crippen LogP contribution in [0.15, 0.2) is 47.3 Å². The van der Waals surface area contributed by atoms with Crippen molar-refractivity contribution in [1.29, 1.82) is 0 Å². The molecule has 0 radical (unpaired) electrons. The Labute approximate surface area is 178 Å². The van der Waals surface area contributed by atoms with Crippen molar-refractivity contribution in [3.05, 3.63) is 69.8 Å². The number of carbonyl (C=O) groups is 1. The smallest absolute Gasteiger partial charge is 0.266 e. The van der Waals surface area contributed by atoms with Gasteiger partial charge >= 0.3 is 0 Å². The zero-order chi connectivity index (χ0) is 21.8. The molecule has 0 N–H and O–H groups in total. The van der Waals surface area contributed by atoms with E-state index in [0.717, 1.165) is 29.7 Å². The number of carbonyl (C=O) groups excluding carboxylic acids is 1. The Balaban J connectivity index is 2.30. The first-order chi connectivity index (χ1) is 14.4. The molecule has 0 aliphatic carbocycles. The van der Waals surface area contributed by atoms with E-state index in [4.69, 9.17) is 4.98 Å². The lowest BCUT2D eigenvalue weighted by Crippen LogP contribution is -2.37. The number of hydrogen-bond acceptors (Lipinski definition) is 3. The quantitative estimate of drug-likeness (QED) is 0.549. The molecule has 0 saturated carbocycles. The van der Waals surface area contributed by atoms with Crippen LogP contribution in [0.1, 0.15) is 63.0 Å². The summed E-state index contributed by atoms with van der Waals surface area (Å²) < 4.78 is 1.71. The Morgan fingerprint density at radius 3 is 2.57 bits per heavy atom. The van der Waals surface area contributed by atoms with E-state index in [1.165, 1.54) is 0 Å². The highest BCUT2D eigenvalue weighted by molar-refractivity contribution is 5.79. The lowest BCUT2D eigenvalue weighted by atomic mass is 10.1. The average molecular weight is 406 g/mol. The van der Waals surface area contributed by atoms with Crippen LogP contribution in [0.2, 0.25) is 0 Å². The predicted octanol–water partition coefficient (Wildman–Crippen LogP) is 5.10. The maximum atomic E-state index is 13.6. The molecule has 1 atom stereocenters. The van der Waals surface area contributed by atoms with Gasteiger partial charge in [0.2, 0.25) is 5.91 Å². The lowest BCUT2D eigenvalue weighted by Gasteiger charge is -2.30. The summed E-state index contributed by atoms with van der Waals surface area (Å²) in [5.41, 5.74) is 3.44. The van der Waals surface area contributed by atoms with E-state index in [-0.39, 0.29) is 17.5 Å². The van der Waals surface area contributed by atoms with E-state index < -0.39 is 0 Å². The van der Waals surface area contributed by atoms with Crippen LogP contribution in [0.25, 0.3) is 16.6 Å². The molecule has 5 heteroatoms. The van der Waals surface area contributed by atoms with Crippen LogP contribution in [0.5, 0.6) is 0 Å². The maximum Gasteiger partial charge on any atom is 0.266 e. The zero-order valence-electron chi connectivity index (χ0n) is 18.6. The average Bonchev–Trinajstić information content (AvgIpc) is 2.75. The lowest BCUT2D eigenvalue weighted by molar-refractivity contribution is -0.133. The molecule has 0 spiro atoms. The molecule has 0 aliphatic heterocycles. The number of para-hydroxylation sites is 1. The summed E-state index contributed by atoms with van der Waals surface area (Å²) in [7, 11) is 0. The number of nitrogens with zero attached hydrogens (tertiary/aromatic N) is 3. The maximum absolute atomic E-state index is 13.6. The molecule has 3 rings (SSSR count). The van der Waals surface area contributed by atoms with Crippen molar-refractivity contribution in [2.75, 3.05) is 6.54 Å². The Hall–Kier alpha value is -2.95. The first-order valence-corrected chi connectivity index (χ1v) is 10.8. The SMILES string of the molecule is CCCCN(C(=O)CC)C(C)c1nc2ccccc2c(=O)n1-c1cc(C)ccc1C. The Bertz CT molecular complexity index is 1120. The molecule has 2 aromatic carbocycles. The van der Waals surface area contributed by atoms with E-state index in [9.17, 15) is 9.59 Å². The number of fused-ring (bicyclic) bond motifs is 1. The summed E-state index contributed by atoms with van der Waals surface area (Å²) in [6.07, 6.45) is 2.34. The van der Waals surface area contributed by atoms with Crippen molar-refractivity contribution in [1.82, 2.24) is 14.5 Å². The number of amides is 1. The Morgan fingerprint density at radius 1 is 1.13 bits per heavy atom. The second-order valence-corrected chi connectivity index (χ2v) is 7.89. The fraction of sp³-hybridized carbons (Fsp3) is 0.400. The number of rotatable bonds is 7. The van der Waals surface area contributed by atoms with Gasteiger partial charge in [0.1, 0.15) is 5.82 Å². The van der Waals surface area contributed by atoms with Crippen LogP contribution >= 0.6 is 0 Å². The highest BCUT2D eigenvalue weighted by Gasteiger charge is 2.26. The third kappa shape index (κ3) is 4.16. The molecular weight excluding hydrogens is 374 g/mol. The van der Waals surface area contributed by atoms with Gasteiger partial charge in [0.15, 0.2) is 0 Å². The molecule has 1 unspecified atom stereocenters. The molecule has 5 nitrogen and oxygen atoms in total. The van der Waals surface area contributed by atoms with Crippen LogP contribution in [-0.2, 0) is 4.79 Å². The van der Waals surface area contributed by atoms with Crippen molar-refractivity contribution in [3.8, 4) is 5.69 Å². The number of benzene rings is 2. The molecule has 0 saturated heterocycles. The second kappa shape index (κ2) is 9.24. The molecule has 3 aromatic rings. The molecule has 1 heterocycles. The van der Waals surface area contributed by atoms with Gasteiger partial charge in [-0.25, -0.2) is 4.98 Å². The van der Waals surface area contributed by atoms with Crippen LogP contribution in [0.4, 0.5) is 0 Å². The summed E-state index contributed by atoms with van der Waals surface area (Å²) in [6.45, 7) is 10.6. The van der Waals surface area contributed by atoms with Gasteiger partial charge in [-0.15, -0.1) is 0 Å². The minimum atomic E-state index is -0.318. The number of aromatic nitrogens is 2. The fourth-order valence-corrected chi connectivity index (χ4v) is 3.83. The van der Waals surface area contributed by atoms with E-state index in [1.807, 2.05) is 75.1 Å². The van der Waals surface area contributed by atoms with Gasteiger partial charge in [-0.05, 0) is 56.5 Å². The van der Waals surface area contributed by atoms with Gasteiger partial charge in [0, 0.05) is 13.0 Å². The second-order valence-electron chi connectivity index (χ2n) is 7.89. The summed E-state index contributed by atoms with van der Waals surface area (Å²) in [5.74, 6) is 0.677. The van der Waals surface area contributed by atoms with E-state index in [2.05, 4.69) is 6.92 Å². The Morgan fingerprint density at radius 2 is 1.87 bits per heavy atom. The number of aryl methyl sites for hydroxylation is 2. The molecule has 0 bridgehead atoms. The minimum Gasteiger partial charge on any atom is -0.333 e. The summed E-state index contributed by atoms with van der Waals surface area (Å²) in [6, 6.07) is 13.2. The molecule has 1 aromatic heterocycles. The fourth-order valence-electron chi connectivity index (χ4n) is 3.83. The van der Waals surface area contributed by atoms with E-state index in [1.54, 1.807) is 4.57 Å². The largest absolute Gasteiger partial charge is 0.333 e. The van der Waals surface area contributed by atoms with Crippen molar-refractivity contribution in [3.63, 3.8) is 0 Å². The van der Waals surface area contributed by atoms with Gasteiger partial charge in [-0.3, -0.25) is 14.2 Å². The monoisotopic (exact) mass is 405 g/mol. The van der Waals surface area contributed by atoms with Crippen LogP contribution < -0.4 is 5.56 Å². The summed E-state index contributed by atoms with van der Waals surface area (Å²) in [5, 5.41) is 0.580.